The number of methoxy groups -OCH3 is 1. The second-order valence-electron chi connectivity index (χ2n) is 5.54. The van der Waals surface area contributed by atoms with Crippen molar-refractivity contribution in [1.82, 2.24) is 4.90 Å². The van der Waals surface area contributed by atoms with Crippen LogP contribution in [0.5, 0.6) is 5.75 Å². The van der Waals surface area contributed by atoms with Crippen molar-refractivity contribution in [3.63, 3.8) is 0 Å². The van der Waals surface area contributed by atoms with E-state index in [1.807, 2.05) is 31.2 Å². The molecule has 5 heteroatoms. The van der Waals surface area contributed by atoms with Gasteiger partial charge in [-0.25, -0.2) is 4.79 Å². The monoisotopic (exact) mass is 279 g/mol. The second kappa shape index (κ2) is 5.71. The number of amides is 1. The van der Waals surface area contributed by atoms with Crippen LogP contribution in [0.3, 0.4) is 0 Å². The van der Waals surface area contributed by atoms with Crippen molar-refractivity contribution in [2.75, 3.05) is 13.7 Å². The van der Waals surface area contributed by atoms with Crippen molar-refractivity contribution in [2.45, 2.75) is 38.5 Å². The van der Waals surface area contributed by atoms with Crippen molar-refractivity contribution >= 4 is 6.09 Å². The van der Waals surface area contributed by atoms with E-state index in [-0.39, 0.29) is 6.09 Å². The summed E-state index contributed by atoms with van der Waals surface area (Å²) in [5.74, 6) is 0.782. The van der Waals surface area contributed by atoms with E-state index in [9.17, 15) is 9.90 Å². The standard InChI is InChI=1S/C15H21NO4/c1-11(17)8-15(2)10-20-14(18)16(15)9-12-4-6-13(19-3)7-5-12/h4-7,11,17H,8-10H2,1-3H3/t11?,15-/m0/s1. The molecule has 5 nitrogen and oxygen atoms in total. The normalized spacial score (nSPS) is 23.6. The van der Waals surface area contributed by atoms with Gasteiger partial charge in [-0.15, -0.1) is 0 Å². The maximum Gasteiger partial charge on any atom is 0.410 e. The lowest BCUT2D eigenvalue weighted by atomic mass is 9.94. The number of cyclic esters (lactones) is 1. The van der Waals surface area contributed by atoms with Crippen LogP contribution in [0.2, 0.25) is 0 Å². The molecule has 0 radical (unpaired) electrons. The summed E-state index contributed by atoms with van der Waals surface area (Å²) in [5.41, 5.74) is 0.534. The number of rotatable bonds is 5. The van der Waals surface area contributed by atoms with Crippen LogP contribution in [-0.2, 0) is 11.3 Å². The Hall–Kier alpha value is -1.75. The Labute approximate surface area is 119 Å². The molecule has 1 amide bonds. The molecule has 1 aliphatic heterocycles. The number of aliphatic hydroxyl groups is 1. The minimum absolute atomic E-state index is 0.312. The second-order valence-corrected chi connectivity index (χ2v) is 5.54. The lowest BCUT2D eigenvalue weighted by Crippen LogP contribution is -2.46. The molecule has 1 aliphatic rings. The first-order chi connectivity index (χ1) is 9.44. The maximum atomic E-state index is 11.9. The third kappa shape index (κ3) is 3.04. The van der Waals surface area contributed by atoms with Gasteiger partial charge >= 0.3 is 6.09 Å². The van der Waals surface area contributed by atoms with Gasteiger partial charge in [-0.3, -0.25) is 4.90 Å². The first-order valence-electron chi connectivity index (χ1n) is 6.70. The van der Waals surface area contributed by atoms with Crippen LogP contribution in [0.15, 0.2) is 24.3 Å². The van der Waals surface area contributed by atoms with Crippen LogP contribution >= 0.6 is 0 Å². The number of aliphatic hydroxyl groups excluding tert-OH is 1. The van der Waals surface area contributed by atoms with Crippen LogP contribution in [0.1, 0.15) is 25.8 Å². The van der Waals surface area contributed by atoms with Gasteiger partial charge < -0.3 is 14.6 Å². The fourth-order valence-corrected chi connectivity index (χ4v) is 2.57. The molecule has 0 saturated carbocycles. The molecule has 1 unspecified atom stereocenters. The molecule has 2 atom stereocenters. The van der Waals surface area contributed by atoms with E-state index >= 15 is 0 Å². The van der Waals surface area contributed by atoms with Gasteiger partial charge in [-0.2, -0.15) is 0 Å². The Morgan fingerprint density at radius 1 is 1.45 bits per heavy atom. The van der Waals surface area contributed by atoms with Gasteiger partial charge in [-0.1, -0.05) is 12.1 Å². The quantitative estimate of drug-likeness (QED) is 0.897. The molecule has 2 rings (SSSR count). The third-order valence-corrected chi connectivity index (χ3v) is 3.61. The summed E-state index contributed by atoms with van der Waals surface area (Å²) in [7, 11) is 1.62. The van der Waals surface area contributed by atoms with Gasteiger partial charge in [0.25, 0.3) is 0 Å². The summed E-state index contributed by atoms with van der Waals surface area (Å²) in [6.07, 6.45) is -0.314. The SMILES string of the molecule is COc1ccc(CN2C(=O)OC[C@]2(C)CC(C)O)cc1. The first-order valence-corrected chi connectivity index (χ1v) is 6.70. The zero-order valence-electron chi connectivity index (χ0n) is 12.1. The predicted octanol–water partition coefficient (Wildman–Crippen LogP) is 2.18. The molecular formula is C15H21NO4. The summed E-state index contributed by atoms with van der Waals surface area (Å²) < 4.78 is 10.3. The number of ether oxygens (including phenoxy) is 2. The van der Waals surface area contributed by atoms with Gasteiger partial charge in [0.15, 0.2) is 0 Å². The third-order valence-electron chi connectivity index (χ3n) is 3.61. The Morgan fingerprint density at radius 2 is 2.10 bits per heavy atom. The molecule has 0 bridgehead atoms. The molecule has 0 spiro atoms. The summed E-state index contributed by atoms with van der Waals surface area (Å²) in [6, 6.07) is 7.58. The fourth-order valence-electron chi connectivity index (χ4n) is 2.57. The number of carbonyl (C=O) groups excluding carboxylic acids is 1. The van der Waals surface area contributed by atoms with E-state index in [2.05, 4.69) is 0 Å². The molecule has 1 fully saturated rings. The van der Waals surface area contributed by atoms with E-state index in [1.54, 1.807) is 18.9 Å². The van der Waals surface area contributed by atoms with Crippen molar-refractivity contribution in [1.29, 1.82) is 0 Å². The van der Waals surface area contributed by atoms with Crippen LogP contribution in [0.25, 0.3) is 0 Å². The number of benzene rings is 1. The summed E-state index contributed by atoms with van der Waals surface area (Å²) >= 11 is 0. The minimum Gasteiger partial charge on any atom is -0.497 e. The highest BCUT2D eigenvalue weighted by atomic mass is 16.6. The molecule has 1 aromatic carbocycles. The molecule has 20 heavy (non-hydrogen) atoms. The Bertz CT molecular complexity index is 471. The minimum atomic E-state index is -0.479. The maximum absolute atomic E-state index is 11.9. The number of hydrogen-bond acceptors (Lipinski definition) is 4. The van der Waals surface area contributed by atoms with Crippen molar-refractivity contribution in [2.24, 2.45) is 0 Å². The van der Waals surface area contributed by atoms with Crippen LogP contribution in [0, 0.1) is 0 Å². The van der Waals surface area contributed by atoms with Crippen molar-refractivity contribution in [3.05, 3.63) is 29.8 Å². The van der Waals surface area contributed by atoms with Crippen molar-refractivity contribution < 1.29 is 19.4 Å². The van der Waals surface area contributed by atoms with Gasteiger partial charge in [0, 0.05) is 6.54 Å². The molecule has 1 saturated heterocycles. The Morgan fingerprint density at radius 3 is 2.65 bits per heavy atom. The Kier molecular flexibility index (Phi) is 4.18. The number of nitrogens with zero attached hydrogens (tertiary/aromatic N) is 1. The summed E-state index contributed by atoms with van der Waals surface area (Å²) in [4.78, 5) is 13.6. The smallest absolute Gasteiger partial charge is 0.410 e. The zero-order chi connectivity index (χ0) is 14.8. The van der Waals surface area contributed by atoms with Gasteiger partial charge in [0.1, 0.15) is 12.4 Å². The van der Waals surface area contributed by atoms with E-state index < -0.39 is 11.6 Å². The highest BCUT2D eigenvalue weighted by Gasteiger charge is 2.44. The average molecular weight is 279 g/mol. The molecule has 110 valence electrons. The van der Waals surface area contributed by atoms with Gasteiger partial charge in [0.05, 0.1) is 18.8 Å². The largest absolute Gasteiger partial charge is 0.497 e. The van der Waals surface area contributed by atoms with Gasteiger partial charge in [-0.05, 0) is 38.0 Å². The number of carbonyl (C=O) groups is 1. The van der Waals surface area contributed by atoms with Crippen LogP contribution in [-0.4, -0.2) is 41.5 Å². The summed E-state index contributed by atoms with van der Waals surface area (Å²) in [5, 5.41) is 9.61. The van der Waals surface area contributed by atoms with Crippen LogP contribution in [0.4, 0.5) is 4.79 Å². The predicted molar refractivity (Wildman–Crippen MR) is 74.6 cm³/mol. The number of hydrogen-bond donors (Lipinski definition) is 1. The van der Waals surface area contributed by atoms with E-state index in [1.165, 1.54) is 0 Å². The molecule has 1 N–H and O–H groups in total. The highest BCUT2D eigenvalue weighted by molar-refractivity contribution is 5.71. The topological polar surface area (TPSA) is 59.0 Å². The highest BCUT2D eigenvalue weighted by Crippen LogP contribution is 2.30. The lowest BCUT2D eigenvalue weighted by molar-refractivity contribution is 0.0907. The lowest BCUT2D eigenvalue weighted by Gasteiger charge is -2.33. The summed E-state index contributed by atoms with van der Waals surface area (Å²) in [6.45, 7) is 4.44. The van der Waals surface area contributed by atoms with Gasteiger partial charge in [0.2, 0.25) is 0 Å². The Balaban J connectivity index is 2.13. The van der Waals surface area contributed by atoms with E-state index in [0.29, 0.717) is 19.6 Å². The van der Waals surface area contributed by atoms with E-state index in [4.69, 9.17) is 9.47 Å². The molecule has 0 aromatic heterocycles. The molecule has 1 heterocycles. The van der Waals surface area contributed by atoms with E-state index in [0.717, 1.165) is 11.3 Å². The fraction of sp³-hybridized carbons (Fsp3) is 0.533. The molecule has 1 aromatic rings. The van der Waals surface area contributed by atoms with Crippen LogP contribution < -0.4 is 4.74 Å². The average Bonchev–Trinajstić information content (AvgIpc) is 2.67. The zero-order valence-corrected chi connectivity index (χ0v) is 12.1. The van der Waals surface area contributed by atoms with Crippen molar-refractivity contribution in [3.8, 4) is 5.75 Å². The molecule has 0 aliphatic carbocycles. The molecular weight excluding hydrogens is 258 g/mol. The first kappa shape index (κ1) is 14.7.